The minimum Gasteiger partial charge on any atom is -0.370 e. The van der Waals surface area contributed by atoms with Gasteiger partial charge in [0.1, 0.15) is 12.2 Å². The Labute approximate surface area is 188 Å². The molecule has 31 heavy (non-hydrogen) atoms. The standard InChI is InChI=1S/C28H38O3/c1-27(2,3)21-11-7-19(8-12-21)15-23(25-17-29-25)31-24(26-18-30-26)16-20-9-13-22(14-10-20)28(4,5)6/h7-14,23-26H,15-18H2,1-6H3. The highest BCUT2D eigenvalue weighted by molar-refractivity contribution is 5.29. The van der Waals surface area contributed by atoms with Crippen LogP contribution in [-0.2, 0) is 37.9 Å². The fraction of sp³-hybridized carbons (Fsp3) is 0.571. The van der Waals surface area contributed by atoms with E-state index in [1.807, 2.05) is 0 Å². The van der Waals surface area contributed by atoms with Gasteiger partial charge in [0.2, 0.25) is 0 Å². The van der Waals surface area contributed by atoms with Crippen LogP contribution in [0.5, 0.6) is 0 Å². The van der Waals surface area contributed by atoms with Gasteiger partial charge in [0.15, 0.2) is 0 Å². The summed E-state index contributed by atoms with van der Waals surface area (Å²) in [5.41, 5.74) is 5.67. The van der Waals surface area contributed by atoms with E-state index in [2.05, 4.69) is 90.1 Å². The summed E-state index contributed by atoms with van der Waals surface area (Å²) < 4.78 is 18.0. The topological polar surface area (TPSA) is 34.3 Å². The number of ether oxygens (including phenoxy) is 3. The molecule has 2 aliphatic rings. The maximum Gasteiger partial charge on any atom is 0.107 e. The molecule has 3 heteroatoms. The predicted octanol–water partition coefficient (Wildman–Crippen LogP) is 5.62. The number of hydrogen-bond donors (Lipinski definition) is 0. The Bertz CT molecular complexity index is 774. The van der Waals surface area contributed by atoms with Crippen molar-refractivity contribution in [2.75, 3.05) is 13.2 Å². The van der Waals surface area contributed by atoms with Crippen molar-refractivity contribution < 1.29 is 14.2 Å². The quantitative estimate of drug-likeness (QED) is 0.518. The van der Waals surface area contributed by atoms with Crippen molar-refractivity contribution in [3.8, 4) is 0 Å². The van der Waals surface area contributed by atoms with E-state index in [9.17, 15) is 0 Å². The van der Waals surface area contributed by atoms with E-state index in [1.54, 1.807) is 0 Å². The van der Waals surface area contributed by atoms with Crippen molar-refractivity contribution in [1.82, 2.24) is 0 Å². The number of rotatable bonds is 8. The molecule has 2 aromatic rings. The Morgan fingerprint density at radius 3 is 1.26 bits per heavy atom. The Morgan fingerprint density at radius 2 is 1.00 bits per heavy atom. The summed E-state index contributed by atoms with van der Waals surface area (Å²) >= 11 is 0. The van der Waals surface area contributed by atoms with Crippen molar-refractivity contribution in [3.63, 3.8) is 0 Å². The fourth-order valence-corrected chi connectivity index (χ4v) is 4.05. The van der Waals surface area contributed by atoms with E-state index in [4.69, 9.17) is 14.2 Å². The largest absolute Gasteiger partial charge is 0.370 e. The second kappa shape index (κ2) is 8.69. The van der Waals surface area contributed by atoms with Crippen molar-refractivity contribution in [2.45, 2.75) is 89.6 Å². The smallest absolute Gasteiger partial charge is 0.107 e. The van der Waals surface area contributed by atoms with E-state index in [-0.39, 0.29) is 35.2 Å². The second-order valence-corrected chi connectivity index (χ2v) is 11.3. The lowest BCUT2D eigenvalue weighted by molar-refractivity contribution is -0.0369. The number of hydrogen-bond acceptors (Lipinski definition) is 3. The van der Waals surface area contributed by atoms with Gasteiger partial charge in [-0.1, -0.05) is 90.1 Å². The van der Waals surface area contributed by atoms with Crippen LogP contribution in [0.2, 0.25) is 0 Å². The fourth-order valence-electron chi connectivity index (χ4n) is 4.05. The highest BCUT2D eigenvalue weighted by atomic mass is 16.6. The van der Waals surface area contributed by atoms with Crippen LogP contribution in [0.1, 0.15) is 63.8 Å². The average Bonchev–Trinajstić information content (AvgIpc) is 3.60. The van der Waals surface area contributed by atoms with Crippen LogP contribution >= 0.6 is 0 Å². The van der Waals surface area contributed by atoms with Crippen LogP contribution in [0.15, 0.2) is 48.5 Å². The zero-order chi connectivity index (χ0) is 22.2. The first-order valence-corrected chi connectivity index (χ1v) is 11.7. The maximum absolute atomic E-state index is 6.65. The monoisotopic (exact) mass is 422 g/mol. The molecule has 0 spiro atoms. The molecular formula is C28H38O3. The molecule has 0 bridgehead atoms. The molecule has 3 nitrogen and oxygen atoms in total. The molecule has 168 valence electrons. The molecule has 0 radical (unpaired) electrons. The molecule has 0 amide bonds. The van der Waals surface area contributed by atoms with Gasteiger partial charge in [0.05, 0.1) is 25.4 Å². The van der Waals surface area contributed by atoms with E-state index in [1.165, 1.54) is 22.3 Å². The maximum atomic E-state index is 6.65. The van der Waals surface area contributed by atoms with Crippen LogP contribution in [0.25, 0.3) is 0 Å². The minimum absolute atomic E-state index is 0.0727. The van der Waals surface area contributed by atoms with Gasteiger partial charge in [-0.3, -0.25) is 0 Å². The normalized spacial score (nSPS) is 22.8. The third-order valence-electron chi connectivity index (χ3n) is 6.41. The van der Waals surface area contributed by atoms with Gasteiger partial charge >= 0.3 is 0 Å². The third-order valence-corrected chi connectivity index (χ3v) is 6.41. The van der Waals surface area contributed by atoms with Gasteiger partial charge in [0, 0.05) is 12.8 Å². The molecule has 2 fully saturated rings. The zero-order valence-corrected chi connectivity index (χ0v) is 20.0. The highest BCUT2D eigenvalue weighted by Crippen LogP contribution is 2.30. The van der Waals surface area contributed by atoms with Crippen molar-refractivity contribution in [3.05, 3.63) is 70.8 Å². The van der Waals surface area contributed by atoms with Crippen molar-refractivity contribution in [2.24, 2.45) is 0 Å². The lowest BCUT2D eigenvalue weighted by atomic mass is 9.86. The van der Waals surface area contributed by atoms with Crippen molar-refractivity contribution >= 4 is 0 Å². The summed E-state index contributed by atoms with van der Waals surface area (Å²) in [6, 6.07) is 18.0. The molecule has 0 aromatic heterocycles. The second-order valence-electron chi connectivity index (χ2n) is 11.3. The lowest BCUT2D eigenvalue weighted by Crippen LogP contribution is -2.33. The Morgan fingerprint density at radius 1 is 0.677 bits per heavy atom. The summed E-state index contributed by atoms with van der Waals surface area (Å²) in [6.45, 7) is 15.1. The van der Waals surface area contributed by atoms with Gasteiger partial charge < -0.3 is 14.2 Å². The van der Waals surface area contributed by atoms with Gasteiger partial charge in [-0.25, -0.2) is 0 Å². The average molecular weight is 423 g/mol. The van der Waals surface area contributed by atoms with E-state index in [0.717, 1.165) is 26.1 Å². The first-order valence-electron chi connectivity index (χ1n) is 11.7. The van der Waals surface area contributed by atoms with Crippen LogP contribution in [-0.4, -0.2) is 37.6 Å². The molecule has 4 rings (SSSR count). The van der Waals surface area contributed by atoms with E-state index >= 15 is 0 Å². The zero-order valence-electron chi connectivity index (χ0n) is 20.0. The molecule has 4 atom stereocenters. The van der Waals surface area contributed by atoms with Gasteiger partial charge in [-0.15, -0.1) is 0 Å². The summed E-state index contributed by atoms with van der Waals surface area (Å²) in [7, 11) is 0. The van der Waals surface area contributed by atoms with Gasteiger partial charge in [0.25, 0.3) is 0 Å². The Hall–Kier alpha value is -1.68. The first-order chi connectivity index (χ1) is 14.6. The van der Waals surface area contributed by atoms with Crippen LogP contribution in [0.4, 0.5) is 0 Å². The highest BCUT2D eigenvalue weighted by Gasteiger charge is 2.40. The first kappa shape index (κ1) is 22.5. The molecule has 2 aliphatic heterocycles. The van der Waals surface area contributed by atoms with Gasteiger partial charge in [-0.05, 0) is 33.1 Å². The molecule has 0 aliphatic carbocycles. The Kier molecular flexibility index (Phi) is 6.31. The van der Waals surface area contributed by atoms with Crippen LogP contribution < -0.4 is 0 Å². The lowest BCUT2D eigenvalue weighted by Gasteiger charge is -2.24. The molecule has 0 N–H and O–H groups in total. The molecule has 2 heterocycles. The summed E-state index contributed by atoms with van der Waals surface area (Å²) in [4.78, 5) is 0. The number of epoxide rings is 2. The third kappa shape index (κ3) is 6.19. The minimum atomic E-state index is 0.0727. The van der Waals surface area contributed by atoms with Crippen LogP contribution in [0, 0.1) is 0 Å². The molecule has 4 unspecified atom stereocenters. The van der Waals surface area contributed by atoms with Crippen LogP contribution in [0.3, 0.4) is 0 Å². The molecule has 2 aromatic carbocycles. The van der Waals surface area contributed by atoms with Gasteiger partial charge in [-0.2, -0.15) is 0 Å². The number of benzene rings is 2. The SMILES string of the molecule is CC(C)(C)c1ccc(CC(OC(Cc2ccc(C(C)(C)C)cc2)C2CO2)C2CO2)cc1. The molecule has 2 saturated heterocycles. The molecule has 0 saturated carbocycles. The van der Waals surface area contributed by atoms with E-state index in [0.29, 0.717) is 0 Å². The van der Waals surface area contributed by atoms with E-state index < -0.39 is 0 Å². The summed E-state index contributed by atoms with van der Waals surface area (Å²) in [6.07, 6.45) is 2.30. The Balaban J connectivity index is 1.42. The predicted molar refractivity (Wildman–Crippen MR) is 126 cm³/mol. The summed E-state index contributed by atoms with van der Waals surface area (Å²) in [5.74, 6) is 0. The summed E-state index contributed by atoms with van der Waals surface area (Å²) in [5, 5.41) is 0. The molecular weight excluding hydrogens is 384 g/mol. The van der Waals surface area contributed by atoms with Crippen molar-refractivity contribution in [1.29, 1.82) is 0 Å².